The van der Waals surface area contributed by atoms with Crippen molar-refractivity contribution < 1.29 is 19.5 Å². The molecule has 106 valence electrons. The molecule has 0 aliphatic carbocycles. The SMILES string of the molecule is CN1C(=O)c2cccc3c(NCC(=O)[O-])ccc(c23)C1=O. The molecule has 0 bridgehead atoms. The molecule has 0 spiro atoms. The molecule has 1 heterocycles. The molecule has 0 saturated heterocycles. The molecule has 2 aromatic rings. The number of carboxylic acids is 1. The molecule has 21 heavy (non-hydrogen) atoms. The number of imide groups is 1. The van der Waals surface area contributed by atoms with Crippen LogP contribution in [0.4, 0.5) is 5.69 Å². The molecule has 6 nitrogen and oxygen atoms in total. The Balaban J connectivity index is 2.25. The molecule has 0 saturated carbocycles. The van der Waals surface area contributed by atoms with E-state index in [1.165, 1.54) is 7.05 Å². The van der Waals surface area contributed by atoms with Crippen molar-refractivity contribution in [3.05, 3.63) is 41.5 Å². The smallest absolute Gasteiger partial charge is 0.261 e. The summed E-state index contributed by atoms with van der Waals surface area (Å²) in [6, 6.07) is 8.32. The van der Waals surface area contributed by atoms with Gasteiger partial charge in [-0.1, -0.05) is 12.1 Å². The number of anilines is 1. The minimum atomic E-state index is -1.23. The maximum Gasteiger partial charge on any atom is 0.261 e. The van der Waals surface area contributed by atoms with Crippen molar-refractivity contribution in [2.45, 2.75) is 0 Å². The van der Waals surface area contributed by atoms with Gasteiger partial charge >= 0.3 is 0 Å². The lowest BCUT2D eigenvalue weighted by molar-refractivity contribution is -0.302. The van der Waals surface area contributed by atoms with Crippen LogP contribution >= 0.6 is 0 Å². The number of benzene rings is 2. The summed E-state index contributed by atoms with van der Waals surface area (Å²) in [5, 5.41) is 14.5. The van der Waals surface area contributed by atoms with Crippen LogP contribution in [0.15, 0.2) is 30.3 Å². The molecule has 6 heteroatoms. The Morgan fingerprint density at radius 1 is 1.14 bits per heavy atom. The monoisotopic (exact) mass is 283 g/mol. The van der Waals surface area contributed by atoms with Gasteiger partial charge in [-0.15, -0.1) is 0 Å². The number of rotatable bonds is 3. The van der Waals surface area contributed by atoms with Crippen LogP contribution in [0.2, 0.25) is 0 Å². The van der Waals surface area contributed by atoms with Gasteiger partial charge in [0.2, 0.25) is 0 Å². The molecule has 1 aliphatic heterocycles. The van der Waals surface area contributed by atoms with Crippen molar-refractivity contribution in [2.75, 3.05) is 18.9 Å². The van der Waals surface area contributed by atoms with Gasteiger partial charge in [0.05, 0.1) is 12.5 Å². The van der Waals surface area contributed by atoms with E-state index in [0.717, 1.165) is 4.90 Å². The fraction of sp³-hybridized carbons (Fsp3) is 0.133. The van der Waals surface area contributed by atoms with Gasteiger partial charge in [0.15, 0.2) is 0 Å². The predicted molar refractivity (Wildman–Crippen MR) is 73.9 cm³/mol. The zero-order valence-electron chi connectivity index (χ0n) is 11.2. The van der Waals surface area contributed by atoms with Crippen molar-refractivity contribution in [2.24, 2.45) is 0 Å². The zero-order chi connectivity index (χ0) is 15.1. The Kier molecular flexibility index (Phi) is 2.86. The molecule has 2 aromatic carbocycles. The number of nitrogens with zero attached hydrogens (tertiary/aromatic N) is 1. The lowest BCUT2D eigenvalue weighted by Crippen LogP contribution is -2.37. The van der Waals surface area contributed by atoms with Crippen molar-refractivity contribution in [3.8, 4) is 0 Å². The molecule has 1 aliphatic rings. The summed E-state index contributed by atoms with van der Waals surface area (Å²) in [7, 11) is 1.44. The first kappa shape index (κ1) is 13.1. The third kappa shape index (κ3) is 1.92. The van der Waals surface area contributed by atoms with E-state index in [4.69, 9.17) is 0 Å². The van der Waals surface area contributed by atoms with E-state index < -0.39 is 5.97 Å². The number of carbonyl (C=O) groups is 3. The first-order chi connectivity index (χ1) is 10.0. The molecule has 0 fully saturated rings. The van der Waals surface area contributed by atoms with Gasteiger partial charge in [-0.3, -0.25) is 14.5 Å². The highest BCUT2D eigenvalue weighted by atomic mass is 16.4. The number of amides is 2. The highest BCUT2D eigenvalue weighted by Gasteiger charge is 2.30. The Bertz CT molecular complexity index is 775. The van der Waals surface area contributed by atoms with Crippen LogP contribution in [-0.2, 0) is 4.79 Å². The van der Waals surface area contributed by atoms with Gasteiger partial charge in [-0.2, -0.15) is 0 Å². The molecule has 0 unspecified atom stereocenters. The summed E-state index contributed by atoms with van der Waals surface area (Å²) in [4.78, 5) is 36.0. The standard InChI is InChI=1S/C15H12N2O4/c1-17-14(20)9-4-2-3-8-11(16-7-12(18)19)6-5-10(13(8)9)15(17)21/h2-6,16H,7H2,1H3,(H,18,19)/p-1. The van der Waals surface area contributed by atoms with Gasteiger partial charge in [0.25, 0.3) is 11.8 Å². The van der Waals surface area contributed by atoms with Gasteiger partial charge in [-0.05, 0) is 18.2 Å². The van der Waals surface area contributed by atoms with Gasteiger partial charge < -0.3 is 15.2 Å². The van der Waals surface area contributed by atoms with E-state index in [0.29, 0.717) is 27.6 Å². The lowest BCUT2D eigenvalue weighted by Gasteiger charge is -2.24. The van der Waals surface area contributed by atoms with E-state index in [-0.39, 0.29) is 18.4 Å². The van der Waals surface area contributed by atoms with Crippen LogP contribution in [-0.4, -0.2) is 36.3 Å². The quantitative estimate of drug-likeness (QED) is 0.814. The molecule has 1 N–H and O–H groups in total. The predicted octanol–water partition coefficient (Wildman–Crippen LogP) is 0.227. The van der Waals surface area contributed by atoms with Crippen LogP contribution in [0.25, 0.3) is 10.8 Å². The summed E-state index contributed by atoms with van der Waals surface area (Å²) in [5.41, 5.74) is 1.41. The topological polar surface area (TPSA) is 89.5 Å². The summed E-state index contributed by atoms with van der Waals surface area (Å²) in [6.07, 6.45) is 0. The number of hydrogen-bond acceptors (Lipinski definition) is 5. The van der Waals surface area contributed by atoms with E-state index in [1.54, 1.807) is 30.3 Å². The summed E-state index contributed by atoms with van der Waals surface area (Å²) in [6.45, 7) is -0.347. The first-order valence-corrected chi connectivity index (χ1v) is 6.32. The maximum atomic E-state index is 12.2. The van der Waals surface area contributed by atoms with Crippen LogP contribution < -0.4 is 10.4 Å². The second-order valence-corrected chi connectivity index (χ2v) is 4.78. The second-order valence-electron chi connectivity index (χ2n) is 4.78. The fourth-order valence-corrected chi connectivity index (χ4v) is 2.54. The summed E-state index contributed by atoms with van der Waals surface area (Å²) in [5.74, 6) is -1.97. The van der Waals surface area contributed by atoms with Crippen molar-refractivity contribution in [1.82, 2.24) is 4.90 Å². The van der Waals surface area contributed by atoms with Crippen molar-refractivity contribution >= 4 is 34.2 Å². The van der Waals surface area contributed by atoms with Crippen LogP contribution in [0.5, 0.6) is 0 Å². The highest BCUT2D eigenvalue weighted by Crippen LogP contribution is 2.33. The molecule has 0 atom stereocenters. The normalized spacial score (nSPS) is 13.7. The Hall–Kier alpha value is -2.89. The van der Waals surface area contributed by atoms with Gasteiger partial charge in [0.1, 0.15) is 0 Å². The third-order valence-electron chi connectivity index (χ3n) is 3.53. The van der Waals surface area contributed by atoms with Crippen LogP contribution in [0.3, 0.4) is 0 Å². The molecular formula is C15H11N2O4-. The Morgan fingerprint density at radius 3 is 2.48 bits per heavy atom. The minimum Gasteiger partial charge on any atom is -0.548 e. The lowest BCUT2D eigenvalue weighted by atomic mass is 9.93. The van der Waals surface area contributed by atoms with Crippen LogP contribution in [0, 0.1) is 0 Å². The van der Waals surface area contributed by atoms with Crippen molar-refractivity contribution in [3.63, 3.8) is 0 Å². The largest absolute Gasteiger partial charge is 0.548 e. The number of aliphatic carboxylic acids is 1. The van der Waals surface area contributed by atoms with E-state index in [9.17, 15) is 19.5 Å². The highest BCUT2D eigenvalue weighted by molar-refractivity contribution is 6.26. The zero-order valence-corrected chi connectivity index (χ0v) is 11.2. The molecule has 3 rings (SSSR count). The molecule has 0 aromatic heterocycles. The van der Waals surface area contributed by atoms with E-state index >= 15 is 0 Å². The number of nitrogens with one attached hydrogen (secondary N) is 1. The summed E-state index contributed by atoms with van der Waals surface area (Å²) < 4.78 is 0. The van der Waals surface area contributed by atoms with Crippen molar-refractivity contribution in [1.29, 1.82) is 0 Å². The van der Waals surface area contributed by atoms with E-state index in [2.05, 4.69) is 5.32 Å². The fourth-order valence-electron chi connectivity index (χ4n) is 2.54. The number of carbonyl (C=O) groups excluding carboxylic acids is 3. The number of hydrogen-bond donors (Lipinski definition) is 1. The van der Waals surface area contributed by atoms with Gasteiger partial charge in [0, 0.05) is 34.6 Å². The summed E-state index contributed by atoms with van der Waals surface area (Å²) >= 11 is 0. The number of carboxylic acid groups (broad SMARTS) is 1. The Morgan fingerprint density at radius 2 is 1.81 bits per heavy atom. The van der Waals surface area contributed by atoms with Crippen LogP contribution in [0.1, 0.15) is 20.7 Å². The average Bonchev–Trinajstić information content (AvgIpc) is 2.48. The second kappa shape index (κ2) is 4.59. The average molecular weight is 283 g/mol. The third-order valence-corrected chi connectivity index (χ3v) is 3.53. The van der Waals surface area contributed by atoms with E-state index in [1.807, 2.05) is 0 Å². The maximum absolute atomic E-state index is 12.2. The Labute approximate surface area is 120 Å². The molecule has 2 amide bonds. The van der Waals surface area contributed by atoms with Gasteiger partial charge in [-0.25, -0.2) is 0 Å². The minimum absolute atomic E-state index is 0.347. The molecule has 0 radical (unpaired) electrons. The first-order valence-electron chi connectivity index (χ1n) is 6.32. The molecular weight excluding hydrogens is 272 g/mol.